The van der Waals surface area contributed by atoms with Crippen LogP contribution in [0, 0.1) is 13.8 Å². The Hall–Kier alpha value is -3.05. The summed E-state index contributed by atoms with van der Waals surface area (Å²) in [5, 5.41) is 2.59. The number of nitrogens with zero attached hydrogens (tertiary/aromatic N) is 1. The third-order valence-electron chi connectivity index (χ3n) is 4.80. The highest BCUT2D eigenvalue weighted by Crippen LogP contribution is 2.32. The van der Waals surface area contributed by atoms with Crippen molar-refractivity contribution in [2.24, 2.45) is 0 Å². The number of thiophene rings is 1. The van der Waals surface area contributed by atoms with E-state index < -0.39 is 0 Å². The van der Waals surface area contributed by atoms with Crippen LogP contribution in [0.15, 0.2) is 52.6 Å². The minimum atomic E-state index is -0.169. The number of aryl methyl sites for hydroxylation is 2. The number of H-pyrrole nitrogens is 1. The molecule has 0 bridgehead atoms. The van der Waals surface area contributed by atoms with Crippen molar-refractivity contribution >= 4 is 27.3 Å². The van der Waals surface area contributed by atoms with Crippen molar-refractivity contribution < 1.29 is 4.79 Å². The minimum Gasteiger partial charge on any atom is -0.306 e. The molecule has 134 valence electrons. The van der Waals surface area contributed by atoms with Gasteiger partial charge >= 0.3 is 0 Å². The SMILES string of the molecule is CC(=O)c1cccc(-c2nc3scc(-c4ccc(C)c(C)c4)c3c(=O)[nH]2)c1. The molecule has 0 atom stereocenters. The summed E-state index contributed by atoms with van der Waals surface area (Å²) in [6.07, 6.45) is 0. The van der Waals surface area contributed by atoms with E-state index in [4.69, 9.17) is 0 Å². The number of fused-ring (bicyclic) bond motifs is 1. The summed E-state index contributed by atoms with van der Waals surface area (Å²) in [7, 11) is 0. The van der Waals surface area contributed by atoms with Crippen LogP contribution in [0.25, 0.3) is 32.7 Å². The van der Waals surface area contributed by atoms with Gasteiger partial charge in [-0.2, -0.15) is 0 Å². The number of hydrogen-bond acceptors (Lipinski definition) is 4. The molecule has 0 radical (unpaired) electrons. The highest BCUT2D eigenvalue weighted by Gasteiger charge is 2.14. The standard InChI is InChI=1S/C22H18N2O2S/c1-12-7-8-16(9-13(12)2)18-11-27-22-19(18)21(26)23-20(24-22)17-6-4-5-15(10-17)14(3)25/h4-11H,1-3H3,(H,23,24,26). The molecule has 0 saturated carbocycles. The van der Waals surface area contributed by atoms with Gasteiger partial charge in [0.25, 0.3) is 5.56 Å². The van der Waals surface area contributed by atoms with Crippen LogP contribution in [0.4, 0.5) is 0 Å². The van der Waals surface area contributed by atoms with Crippen molar-refractivity contribution in [2.45, 2.75) is 20.8 Å². The fourth-order valence-corrected chi connectivity index (χ4v) is 4.04. The molecular formula is C22H18N2O2S. The average Bonchev–Trinajstić information content (AvgIpc) is 3.08. The van der Waals surface area contributed by atoms with Crippen molar-refractivity contribution in [3.63, 3.8) is 0 Å². The Bertz CT molecular complexity index is 1250. The Balaban J connectivity index is 1.87. The smallest absolute Gasteiger partial charge is 0.260 e. The van der Waals surface area contributed by atoms with E-state index >= 15 is 0 Å². The fraction of sp³-hybridized carbons (Fsp3) is 0.136. The molecule has 4 nitrogen and oxygen atoms in total. The zero-order valence-corrected chi connectivity index (χ0v) is 16.1. The van der Waals surface area contributed by atoms with Gasteiger partial charge in [0.05, 0.1) is 5.39 Å². The Labute approximate surface area is 160 Å². The lowest BCUT2D eigenvalue weighted by Gasteiger charge is -2.05. The summed E-state index contributed by atoms with van der Waals surface area (Å²) >= 11 is 1.45. The number of rotatable bonds is 3. The first kappa shape index (κ1) is 17.4. The molecule has 2 aromatic carbocycles. The van der Waals surface area contributed by atoms with Crippen molar-refractivity contribution in [1.29, 1.82) is 0 Å². The number of aromatic nitrogens is 2. The molecule has 4 rings (SSSR count). The lowest BCUT2D eigenvalue weighted by molar-refractivity contribution is 0.101. The predicted molar refractivity (Wildman–Crippen MR) is 111 cm³/mol. The number of carbonyl (C=O) groups excluding carboxylic acids is 1. The van der Waals surface area contributed by atoms with Gasteiger partial charge in [-0.25, -0.2) is 4.98 Å². The summed E-state index contributed by atoms with van der Waals surface area (Å²) in [5.41, 5.74) is 5.48. The third-order valence-corrected chi connectivity index (χ3v) is 5.68. The number of ketones is 1. The average molecular weight is 374 g/mol. The van der Waals surface area contributed by atoms with Gasteiger partial charge in [0.15, 0.2) is 5.78 Å². The molecule has 5 heteroatoms. The zero-order valence-electron chi connectivity index (χ0n) is 15.3. The second-order valence-electron chi connectivity index (χ2n) is 6.68. The minimum absolute atomic E-state index is 0.0200. The number of nitrogens with one attached hydrogen (secondary N) is 1. The maximum absolute atomic E-state index is 12.8. The van der Waals surface area contributed by atoms with Crippen molar-refractivity contribution in [2.75, 3.05) is 0 Å². The van der Waals surface area contributed by atoms with Gasteiger partial charge in [0, 0.05) is 22.1 Å². The predicted octanol–water partition coefficient (Wildman–Crippen LogP) is 5.14. The zero-order chi connectivity index (χ0) is 19.1. The highest BCUT2D eigenvalue weighted by atomic mass is 32.1. The van der Waals surface area contributed by atoms with Gasteiger partial charge in [-0.3, -0.25) is 9.59 Å². The molecule has 27 heavy (non-hydrogen) atoms. The van der Waals surface area contributed by atoms with Crippen LogP contribution in [0.5, 0.6) is 0 Å². The van der Waals surface area contributed by atoms with Gasteiger partial charge in [-0.05, 0) is 43.5 Å². The maximum Gasteiger partial charge on any atom is 0.260 e. The first-order valence-corrected chi connectivity index (χ1v) is 9.52. The molecule has 0 aliphatic carbocycles. The third kappa shape index (κ3) is 3.11. The molecule has 2 heterocycles. The molecule has 0 unspecified atom stereocenters. The summed E-state index contributed by atoms with van der Waals surface area (Å²) in [4.78, 5) is 32.7. The van der Waals surface area contributed by atoms with Gasteiger partial charge in [-0.1, -0.05) is 36.4 Å². The fourth-order valence-electron chi connectivity index (χ4n) is 3.09. The van der Waals surface area contributed by atoms with Crippen LogP contribution < -0.4 is 5.56 Å². The summed E-state index contributed by atoms with van der Waals surface area (Å²) in [5.74, 6) is 0.456. The first-order valence-electron chi connectivity index (χ1n) is 8.64. The lowest BCUT2D eigenvalue weighted by Crippen LogP contribution is -2.09. The van der Waals surface area contributed by atoms with Crippen LogP contribution >= 0.6 is 11.3 Å². The van der Waals surface area contributed by atoms with E-state index in [1.54, 1.807) is 18.2 Å². The van der Waals surface area contributed by atoms with Gasteiger partial charge in [-0.15, -0.1) is 11.3 Å². The molecule has 1 N–H and O–H groups in total. The van der Waals surface area contributed by atoms with Crippen LogP contribution in [0.1, 0.15) is 28.4 Å². The molecule has 0 amide bonds. The summed E-state index contributed by atoms with van der Waals surface area (Å²) < 4.78 is 0. The normalized spacial score (nSPS) is 11.1. The van der Waals surface area contributed by atoms with E-state index in [0.29, 0.717) is 21.6 Å². The largest absolute Gasteiger partial charge is 0.306 e. The topological polar surface area (TPSA) is 62.8 Å². The molecule has 0 aliphatic heterocycles. The number of benzene rings is 2. The Morgan fingerprint density at radius 1 is 1.04 bits per heavy atom. The molecule has 0 saturated heterocycles. The molecule has 0 aliphatic rings. The van der Waals surface area contributed by atoms with E-state index in [1.165, 1.54) is 29.4 Å². The quantitative estimate of drug-likeness (QED) is 0.505. The maximum atomic E-state index is 12.8. The number of aromatic amines is 1. The molecule has 0 fully saturated rings. The van der Waals surface area contributed by atoms with Crippen LogP contribution in [-0.4, -0.2) is 15.8 Å². The Morgan fingerprint density at radius 2 is 1.85 bits per heavy atom. The summed E-state index contributed by atoms with van der Waals surface area (Å²) in [6, 6.07) is 13.3. The molecule has 0 spiro atoms. The van der Waals surface area contributed by atoms with Crippen molar-refractivity contribution in [3.8, 4) is 22.5 Å². The van der Waals surface area contributed by atoms with E-state index in [0.717, 1.165) is 16.7 Å². The summed E-state index contributed by atoms with van der Waals surface area (Å²) in [6.45, 7) is 5.66. The second-order valence-corrected chi connectivity index (χ2v) is 7.54. The molecule has 4 aromatic rings. The highest BCUT2D eigenvalue weighted by molar-refractivity contribution is 7.17. The monoisotopic (exact) mass is 374 g/mol. The van der Waals surface area contributed by atoms with Crippen LogP contribution in [0.2, 0.25) is 0 Å². The van der Waals surface area contributed by atoms with Gasteiger partial charge in [0.2, 0.25) is 0 Å². The molecular weight excluding hydrogens is 356 g/mol. The second kappa shape index (κ2) is 6.59. The van der Waals surface area contributed by atoms with E-state index in [1.807, 2.05) is 17.5 Å². The van der Waals surface area contributed by atoms with Crippen molar-refractivity contribution in [1.82, 2.24) is 9.97 Å². The van der Waals surface area contributed by atoms with Crippen LogP contribution in [0.3, 0.4) is 0 Å². The van der Waals surface area contributed by atoms with E-state index in [9.17, 15) is 9.59 Å². The first-order chi connectivity index (χ1) is 12.9. The van der Waals surface area contributed by atoms with E-state index in [-0.39, 0.29) is 11.3 Å². The van der Waals surface area contributed by atoms with Crippen molar-refractivity contribution in [3.05, 3.63) is 74.9 Å². The number of hydrogen-bond donors (Lipinski definition) is 1. The lowest BCUT2D eigenvalue weighted by atomic mass is 10.0. The van der Waals surface area contributed by atoms with Crippen LogP contribution in [-0.2, 0) is 0 Å². The van der Waals surface area contributed by atoms with E-state index in [2.05, 4.69) is 35.9 Å². The van der Waals surface area contributed by atoms with Gasteiger partial charge in [0.1, 0.15) is 10.7 Å². The Kier molecular flexibility index (Phi) is 4.24. The molecule has 2 aromatic heterocycles. The Morgan fingerprint density at radius 3 is 2.59 bits per heavy atom. The number of Topliss-reactive ketones (excluding diaryl/α,β-unsaturated/α-hetero) is 1. The van der Waals surface area contributed by atoms with Gasteiger partial charge < -0.3 is 4.98 Å². The number of carbonyl (C=O) groups is 1.